The molecule has 6 nitrogen and oxygen atoms in total. The van der Waals surface area contributed by atoms with Gasteiger partial charge in [-0.1, -0.05) is 0 Å². The van der Waals surface area contributed by atoms with E-state index in [1.165, 1.54) is 25.7 Å². The topological polar surface area (TPSA) is 87.7 Å². The number of H-pyrrole nitrogens is 1. The Morgan fingerprint density at radius 1 is 1.32 bits per heavy atom. The van der Waals surface area contributed by atoms with E-state index >= 15 is 0 Å². The second-order valence-electron chi connectivity index (χ2n) is 7.17. The highest BCUT2D eigenvalue weighted by Crippen LogP contribution is 2.44. The number of pyridine rings is 1. The summed E-state index contributed by atoms with van der Waals surface area (Å²) in [5.74, 6) is 1.69. The summed E-state index contributed by atoms with van der Waals surface area (Å²) in [6, 6.07) is 3.93. The van der Waals surface area contributed by atoms with Crippen molar-refractivity contribution in [1.82, 2.24) is 20.3 Å². The van der Waals surface area contributed by atoms with Crippen LogP contribution in [0.25, 0.3) is 11.4 Å². The Labute approximate surface area is 146 Å². The van der Waals surface area contributed by atoms with Gasteiger partial charge in [-0.2, -0.15) is 0 Å². The molecule has 0 aromatic carbocycles. The second-order valence-corrected chi connectivity index (χ2v) is 7.17. The Hall–Kier alpha value is -2.50. The number of nitrogens with one attached hydrogen (secondary N) is 2. The van der Waals surface area contributed by atoms with E-state index in [-0.39, 0.29) is 17.9 Å². The van der Waals surface area contributed by atoms with Crippen molar-refractivity contribution in [2.45, 2.75) is 45.1 Å². The molecule has 2 aromatic heterocycles. The maximum atomic E-state index is 12.5. The number of carbonyl (C=O) groups is 1. The van der Waals surface area contributed by atoms with Gasteiger partial charge in [0, 0.05) is 35.3 Å². The zero-order valence-electron chi connectivity index (χ0n) is 14.3. The summed E-state index contributed by atoms with van der Waals surface area (Å²) in [4.78, 5) is 36.2. The minimum Gasteiger partial charge on any atom is -0.353 e. The molecule has 6 heteroatoms. The van der Waals surface area contributed by atoms with Crippen molar-refractivity contribution in [3.8, 4) is 11.4 Å². The van der Waals surface area contributed by atoms with E-state index in [1.807, 2.05) is 6.07 Å². The quantitative estimate of drug-likeness (QED) is 0.843. The zero-order chi connectivity index (χ0) is 17.4. The molecule has 0 atom stereocenters. The van der Waals surface area contributed by atoms with Gasteiger partial charge in [-0.15, -0.1) is 0 Å². The Bertz CT molecular complexity index is 826. The first-order valence-electron chi connectivity index (χ1n) is 8.91. The largest absolute Gasteiger partial charge is 0.353 e. The van der Waals surface area contributed by atoms with Crippen LogP contribution in [0.15, 0.2) is 29.3 Å². The van der Waals surface area contributed by atoms with Crippen LogP contribution in [-0.4, -0.2) is 26.9 Å². The van der Waals surface area contributed by atoms with Gasteiger partial charge in [-0.3, -0.25) is 14.6 Å². The van der Waals surface area contributed by atoms with E-state index in [1.54, 1.807) is 25.4 Å². The van der Waals surface area contributed by atoms with Gasteiger partial charge in [0.25, 0.3) is 5.56 Å². The number of aromatic amines is 1. The number of hydrogen-bond acceptors (Lipinski definition) is 4. The molecule has 2 aliphatic rings. The highest BCUT2D eigenvalue weighted by Gasteiger charge is 2.42. The third-order valence-electron chi connectivity index (χ3n) is 5.08. The van der Waals surface area contributed by atoms with Gasteiger partial charge >= 0.3 is 0 Å². The lowest BCUT2D eigenvalue weighted by atomic mass is 10.1. The van der Waals surface area contributed by atoms with Gasteiger partial charge < -0.3 is 10.3 Å². The number of carbonyl (C=O) groups excluding carboxylic acids is 1. The number of hydrogen-bond donors (Lipinski definition) is 2. The molecule has 1 amide bonds. The van der Waals surface area contributed by atoms with Crippen LogP contribution in [0, 0.1) is 18.8 Å². The van der Waals surface area contributed by atoms with Crippen molar-refractivity contribution >= 4 is 5.91 Å². The second kappa shape index (κ2) is 6.43. The van der Waals surface area contributed by atoms with Crippen molar-refractivity contribution in [1.29, 1.82) is 0 Å². The lowest BCUT2D eigenvalue weighted by molar-refractivity contribution is -0.121. The first-order chi connectivity index (χ1) is 12.1. The van der Waals surface area contributed by atoms with Crippen LogP contribution < -0.4 is 10.9 Å². The summed E-state index contributed by atoms with van der Waals surface area (Å²) in [6.07, 6.45) is 8.25. The summed E-state index contributed by atoms with van der Waals surface area (Å²) in [5, 5.41) is 3.16. The fourth-order valence-corrected chi connectivity index (χ4v) is 3.39. The third kappa shape index (κ3) is 3.62. The Morgan fingerprint density at radius 3 is 2.60 bits per heavy atom. The molecular formula is C19H22N4O2. The Balaban J connectivity index is 1.50. The number of amides is 1. The average molecular weight is 338 g/mol. The number of aromatic nitrogens is 3. The lowest BCUT2D eigenvalue weighted by Crippen LogP contribution is -2.40. The normalized spacial score (nSPS) is 16.9. The van der Waals surface area contributed by atoms with Gasteiger partial charge in [0.2, 0.25) is 5.91 Å². The summed E-state index contributed by atoms with van der Waals surface area (Å²) in [5.41, 5.74) is 1.53. The highest BCUT2D eigenvalue weighted by molar-refractivity contribution is 5.79. The Morgan fingerprint density at radius 2 is 2.04 bits per heavy atom. The first-order valence-corrected chi connectivity index (χ1v) is 8.91. The first kappa shape index (κ1) is 16.0. The predicted octanol–water partition coefficient (Wildman–Crippen LogP) is 1.99. The van der Waals surface area contributed by atoms with E-state index in [0.29, 0.717) is 35.0 Å². The molecule has 25 heavy (non-hydrogen) atoms. The molecule has 0 saturated heterocycles. The average Bonchev–Trinajstić information content (AvgIpc) is 3.49. The standard InChI is InChI=1S/C19H22N4O2/c1-11-15(9-16(24)22-17(12-4-5-12)13-6-7-13)19(25)23-18(21-11)14-3-2-8-20-10-14/h2-3,8,10,12-13,17H,4-7,9H2,1H3,(H,22,24)(H,21,23,25). The molecule has 0 spiro atoms. The van der Waals surface area contributed by atoms with Crippen LogP contribution in [0.4, 0.5) is 0 Å². The maximum Gasteiger partial charge on any atom is 0.255 e. The molecule has 0 unspecified atom stereocenters. The molecule has 0 bridgehead atoms. The Kier molecular flexibility index (Phi) is 4.11. The molecule has 2 N–H and O–H groups in total. The monoisotopic (exact) mass is 338 g/mol. The SMILES string of the molecule is Cc1nc(-c2cccnc2)[nH]c(=O)c1CC(=O)NC(C1CC1)C1CC1. The molecule has 2 fully saturated rings. The van der Waals surface area contributed by atoms with E-state index in [2.05, 4.69) is 20.3 Å². The van der Waals surface area contributed by atoms with Crippen molar-refractivity contribution in [3.05, 3.63) is 46.1 Å². The van der Waals surface area contributed by atoms with E-state index in [9.17, 15) is 9.59 Å². The molecule has 2 aliphatic carbocycles. The minimum atomic E-state index is -0.254. The zero-order valence-corrected chi connectivity index (χ0v) is 14.3. The number of nitrogens with zero attached hydrogens (tertiary/aromatic N) is 2. The number of rotatable bonds is 6. The molecule has 2 saturated carbocycles. The smallest absolute Gasteiger partial charge is 0.255 e. The minimum absolute atomic E-state index is 0.0756. The summed E-state index contributed by atoms with van der Waals surface area (Å²) >= 11 is 0. The van der Waals surface area contributed by atoms with Crippen molar-refractivity contribution < 1.29 is 4.79 Å². The third-order valence-corrected chi connectivity index (χ3v) is 5.08. The number of aryl methyl sites for hydroxylation is 1. The van der Waals surface area contributed by atoms with E-state index < -0.39 is 0 Å². The molecule has 0 radical (unpaired) electrons. The van der Waals surface area contributed by atoms with Crippen LogP contribution in [0.5, 0.6) is 0 Å². The van der Waals surface area contributed by atoms with Crippen molar-refractivity contribution in [2.24, 2.45) is 11.8 Å². The van der Waals surface area contributed by atoms with Crippen LogP contribution in [-0.2, 0) is 11.2 Å². The molecule has 4 rings (SSSR count). The van der Waals surface area contributed by atoms with Gasteiger partial charge in [0.15, 0.2) is 0 Å². The molecule has 2 aromatic rings. The van der Waals surface area contributed by atoms with Gasteiger partial charge in [0.1, 0.15) is 5.82 Å². The summed E-state index contributed by atoms with van der Waals surface area (Å²) < 4.78 is 0. The van der Waals surface area contributed by atoms with Gasteiger partial charge in [0.05, 0.1) is 6.42 Å². The molecule has 2 heterocycles. The molecule has 130 valence electrons. The van der Waals surface area contributed by atoms with Crippen molar-refractivity contribution in [2.75, 3.05) is 0 Å². The van der Waals surface area contributed by atoms with Crippen LogP contribution in [0.1, 0.15) is 36.9 Å². The van der Waals surface area contributed by atoms with Crippen LogP contribution >= 0.6 is 0 Å². The predicted molar refractivity (Wildman–Crippen MR) is 93.9 cm³/mol. The fourth-order valence-electron chi connectivity index (χ4n) is 3.39. The highest BCUT2D eigenvalue weighted by atomic mass is 16.2. The summed E-state index contributed by atoms with van der Waals surface area (Å²) in [7, 11) is 0. The van der Waals surface area contributed by atoms with Crippen LogP contribution in [0.3, 0.4) is 0 Å². The molecular weight excluding hydrogens is 316 g/mol. The van der Waals surface area contributed by atoms with Crippen LogP contribution in [0.2, 0.25) is 0 Å². The maximum absolute atomic E-state index is 12.5. The van der Waals surface area contributed by atoms with Gasteiger partial charge in [-0.25, -0.2) is 4.98 Å². The molecule has 0 aliphatic heterocycles. The van der Waals surface area contributed by atoms with Gasteiger partial charge in [-0.05, 0) is 56.6 Å². The van der Waals surface area contributed by atoms with Crippen molar-refractivity contribution in [3.63, 3.8) is 0 Å². The summed E-state index contributed by atoms with van der Waals surface area (Å²) in [6.45, 7) is 1.77. The lowest BCUT2D eigenvalue weighted by Gasteiger charge is -2.17. The van der Waals surface area contributed by atoms with E-state index in [4.69, 9.17) is 0 Å². The fraction of sp³-hybridized carbons (Fsp3) is 0.474. The van der Waals surface area contributed by atoms with E-state index in [0.717, 1.165) is 5.56 Å².